The molecule has 6 nitrogen and oxygen atoms in total. The normalized spacial score (nSPS) is 17.2. The summed E-state index contributed by atoms with van der Waals surface area (Å²) in [6.07, 6.45) is 0. The minimum Gasteiger partial charge on any atom is -0.497 e. The number of aromatic nitrogens is 1. The Morgan fingerprint density at radius 1 is 1.00 bits per heavy atom. The molecule has 1 aliphatic rings. The lowest BCUT2D eigenvalue weighted by Crippen LogP contribution is -2.47. The average Bonchev–Trinajstić information content (AvgIpc) is 3.34. The number of para-hydroxylation sites is 1. The molecular weight excluding hydrogens is 472 g/mol. The topological polar surface area (TPSA) is 80.4 Å². The Morgan fingerprint density at radius 3 is 2.47 bits per heavy atom. The Hall–Kier alpha value is -3.58. The number of nitrogens with one attached hydrogen (secondary N) is 2. The fourth-order valence-electron chi connectivity index (χ4n) is 4.36. The molecule has 0 fully saturated rings. The van der Waals surface area contributed by atoms with Crippen LogP contribution in [0.3, 0.4) is 0 Å². The summed E-state index contributed by atoms with van der Waals surface area (Å²) in [5.41, 5.74) is 2.09. The van der Waals surface area contributed by atoms with E-state index in [1.54, 1.807) is 25.3 Å². The minimum absolute atomic E-state index is 0.355. The largest absolute Gasteiger partial charge is 0.497 e. The fraction of sp³-hybridized carbons (Fsp3) is 0.120. The Kier molecular flexibility index (Phi) is 4.78. The quantitative estimate of drug-likeness (QED) is 0.300. The van der Waals surface area contributed by atoms with E-state index in [0.717, 1.165) is 20.9 Å². The highest BCUT2D eigenvalue weighted by molar-refractivity contribution is 9.10. The number of esters is 1. The number of H-pyrrole nitrogens is 1. The molecule has 2 heterocycles. The number of ether oxygens (including phenoxy) is 2. The molecule has 1 atom stereocenters. The van der Waals surface area contributed by atoms with E-state index in [9.17, 15) is 9.59 Å². The number of rotatable bonds is 4. The Morgan fingerprint density at radius 2 is 1.75 bits per heavy atom. The maximum absolute atomic E-state index is 13.8. The average molecular weight is 491 g/mol. The first-order valence-corrected chi connectivity index (χ1v) is 10.8. The molecule has 1 aromatic heterocycles. The van der Waals surface area contributed by atoms with E-state index in [0.29, 0.717) is 28.3 Å². The van der Waals surface area contributed by atoms with E-state index >= 15 is 0 Å². The zero-order valence-electron chi connectivity index (χ0n) is 17.4. The van der Waals surface area contributed by atoms with Gasteiger partial charge in [-0.2, -0.15) is 0 Å². The smallest absolute Gasteiger partial charge is 0.344 e. The maximum atomic E-state index is 13.8. The second-order valence-electron chi connectivity index (χ2n) is 7.53. The molecule has 160 valence electrons. The lowest BCUT2D eigenvalue weighted by atomic mass is 9.82. The van der Waals surface area contributed by atoms with Crippen molar-refractivity contribution in [2.24, 2.45) is 0 Å². The van der Waals surface area contributed by atoms with Crippen molar-refractivity contribution in [3.63, 3.8) is 0 Å². The number of Topliss-reactive ketones (excluding diaryl/α,β-unsaturated/α-hetero) is 1. The van der Waals surface area contributed by atoms with Crippen LogP contribution in [-0.2, 0) is 15.1 Å². The van der Waals surface area contributed by atoms with Crippen LogP contribution in [0, 0.1) is 0 Å². The van der Waals surface area contributed by atoms with Gasteiger partial charge in [-0.05, 0) is 54.1 Å². The van der Waals surface area contributed by atoms with Crippen molar-refractivity contribution in [3.05, 3.63) is 82.3 Å². The molecule has 0 saturated heterocycles. The second kappa shape index (κ2) is 7.53. The number of halogens is 1. The van der Waals surface area contributed by atoms with Gasteiger partial charge in [-0.1, -0.05) is 34.1 Å². The molecule has 1 unspecified atom stereocenters. The summed E-state index contributed by atoms with van der Waals surface area (Å²) in [4.78, 5) is 30.6. The zero-order valence-corrected chi connectivity index (χ0v) is 18.9. The molecule has 3 aromatic carbocycles. The van der Waals surface area contributed by atoms with E-state index in [1.807, 2.05) is 48.5 Å². The summed E-state index contributed by atoms with van der Waals surface area (Å²) in [6, 6.07) is 20.3. The van der Waals surface area contributed by atoms with Crippen molar-refractivity contribution >= 4 is 44.3 Å². The monoisotopic (exact) mass is 490 g/mol. The van der Waals surface area contributed by atoms with Crippen LogP contribution in [0.25, 0.3) is 22.2 Å². The third kappa shape index (κ3) is 2.85. The van der Waals surface area contributed by atoms with E-state index in [2.05, 4.69) is 26.2 Å². The number of carbonyl (C=O) groups excluding carboxylic acids is 2. The van der Waals surface area contributed by atoms with Crippen molar-refractivity contribution in [3.8, 4) is 17.0 Å². The van der Waals surface area contributed by atoms with Crippen LogP contribution in [0.15, 0.2) is 71.2 Å². The third-order valence-corrected chi connectivity index (χ3v) is 6.33. The van der Waals surface area contributed by atoms with Gasteiger partial charge in [0, 0.05) is 32.2 Å². The first kappa shape index (κ1) is 20.3. The number of hydrogen-bond acceptors (Lipinski definition) is 5. The molecule has 0 spiro atoms. The first-order valence-electron chi connectivity index (χ1n) is 9.96. The second-order valence-corrected chi connectivity index (χ2v) is 8.45. The van der Waals surface area contributed by atoms with Gasteiger partial charge in [-0.3, -0.25) is 4.79 Å². The van der Waals surface area contributed by atoms with E-state index in [1.165, 1.54) is 7.11 Å². The Labute approximate surface area is 192 Å². The molecule has 2 N–H and O–H groups in total. The van der Waals surface area contributed by atoms with E-state index in [-0.39, 0.29) is 5.78 Å². The van der Waals surface area contributed by atoms with E-state index < -0.39 is 11.5 Å². The molecule has 7 heteroatoms. The number of aromatic amines is 1. The van der Waals surface area contributed by atoms with E-state index in [4.69, 9.17) is 9.47 Å². The van der Waals surface area contributed by atoms with Crippen LogP contribution in [0.2, 0.25) is 0 Å². The van der Waals surface area contributed by atoms with Crippen LogP contribution >= 0.6 is 15.9 Å². The van der Waals surface area contributed by atoms with Gasteiger partial charge in [0.2, 0.25) is 11.3 Å². The molecule has 0 radical (unpaired) electrons. The lowest BCUT2D eigenvalue weighted by Gasteiger charge is -2.27. The van der Waals surface area contributed by atoms with Gasteiger partial charge in [0.15, 0.2) is 0 Å². The summed E-state index contributed by atoms with van der Waals surface area (Å²) >= 11 is 3.44. The number of anilines is 1. The zero-order chi connectivity index (χ0) is 22.5. The Balaban J connectivity index is 1.83. The van der Waals surface area contributed by atoms with Gasteiger partial charge < -0.3 is 19.8 Å². The van der Waals surface area contributed by atoms with Crippen molar-refractivity contribution < 1.29 is 19.1 Å². The summed E-state index contributed by atoms with van der Waals surface area (Å²) in [7, 11) is 2.89. The number of carbonyl (C=O) groups is 2. The van der Waals surface area contributed by atoms with Crippen molar-refractivity contribution in [2.75, 3.05) is 19.5 Å². The van der Waals surface area contributed by atoms with Crippen LogP contribution in [0.5, 0.6) is 5.75 Å². The van der Waals surface area contributed by atoms with Gasteiger partial charge >= 0.3 is 5.97 Å². The number of hydrogen-bond donors (Lipinski definition) is 2. The number of fused-ring (bicyclic) bond motifs is 2. The molecule has 5 rings (SSSR count). The van der Waals surface area contributed by atoms with Gasteiger partial charge in [0.25, 0.3) is 0 Å². The van der Waals surface area contributed by atoms with Crippen LogP contribution in [0.1, 0.15) is 15.9 Å². The van der Waals surface area contributed by atoms with Gasteiger partial charge in [-0.15, -0.1) is 0 Å². The highest BCUT2D eigenvalue weighted by Gasteiger charge is 2.56. The molecule has 0 aliphatic carbocycles. The van der Waals surface area contributed by atoms with Crippen molar-refractivity contribution in [1.29, 1.82) is 0 Å². The Bertz CT molecular complexity index is 1380. The molecule has 0 amide bonds. The van der Waals surface area contributed by atoms with Crippen LogP contribution in [0.4, 0.5) is 5.69 Å². The summed E-state index contributed by atoms with van der Waals surface area (Å²) in [5, 5.41) is 3.98. The van der Waals surface area contributed by atoms with Gasteiger partial charge in [0.05, 0.1) is 19.9 Å². The molecule has 0 saturated carbocycles. The SMILES string of the molecule is COC(=O)C1(c2c(-c3ccc(OC)cc3)[nH]c3ccccc23)Nc2cc(Br)ccc2C1=O. The van der Waals surface area contributed by atoms with Gasteiger partial charge in [0.1, 0.15) is 5.75 Å². The van der Waals surface area contributed by atoms with Crippen LogP contribution < -0.4 is 10.1 Å². The summed E-state index contributed by atoms with van der Waals surface area (Å²) < 4.78 is 11.3. The lowest BCUT2D eigenvalue weighted by molar-refractivity contribution is -0.144. The van der Waals surface area contributed by atoms with Crippen molar-refractivity contribution in [2.45, 2.75) is 5.54 Å². The summed E-state index contributed by atoms with van der Waals surface area (Å²) in [5.74, 6) is -0.317. The maximum Gasteiger partial charge on any atom is 0.344 e. The standard InChI is InChI=1S/C25H19BrN2O4/c1-31-16-10-7-14(8-11-16)22-21(17-5-3-4-6-19(17)27-22)25(24(30)32-2)23(29)18-12-9-15(26)13-20(18)28-25/h3-13,27-28H,1-2H3. The van der Waals surface area contributed by atoms with Crippen LogP contribution in [-0.4, -0.2) is 31.0 Å². The highest BCUT2D eigenvalue weighted by atomic mass is 79.9. The highest BCUT2D eigenvalue weighted by Crippen LogP contribution is 2.47. The number of benzene rings is 3. The molecule has 0 bridgehead atoms. The molecule has 1 aliphatic heterocycles. The predicted molar refractivity (Wildman–Crippen MR) is 126 cm³/mol. The number of ketones is 1. The predicted octanol–water partition coefficient (Wildman–Crippen LogP) is 5.28. The molecular formula is C25H19BrN2O4. The van der Waals surface area contributed by atoms with Crippen molar-refractivity contribution in [1.82, 2.24) is 4.98 Å². The minimum atomic E-state index is -1.73. The number of methoxy groups -OCH3 is 2. The molecule has 32 heavy (non-hydrogen) atoms. The molecule has 4 aromatic rings. The first-order chi connectivity index (χ1) is 15.5. The summed E-state index contributed by atoms with van der Waals surface area (Å²) in [6.45, 7) is 0. The van der Waals surface area contributed by atoms with Gasteiger partial charge in [-0.25, -0.2) is 4.79 Å². The fourth-order valence-corrected chi connectivity index (χ4v) is 4.72. The third-order valence-electron chi connectivity index (χ3n) is 5.84.